The lowest BCUT2D eigenvalue weighted by molar-refractivity contribution is 0.324. The van der Waals surface area contributed by atoms with Gasteiger partial charge in [0.15, 0.2) is 0 Å². The first kappa shape index (κ1) is 20.7. The summed E-state index contributed by atoms with van der Waals surface area (Å²) in [7, 11) is 0. The molecular weight excluding hydrogens is 436 g/mol. The molecule has 0 unspecified atom stereocenters. The van der Waals surface area contributed by atoms with E-state index in [-0.39, 0.29) is 18.1 Å². The molecule has 2 aromatic carbocycles. The maximum absolute atomic E-state index is 12.5. The number of ether oxygens (including phenoxy) is 1. The van der Waals surface area contributed by atoms with E-state index in [0.29, 0.717) is 19.7 Å². The van der Waals surface area contributed by atoms with E-state index in [0.717, 1.165) is 15.8 Å². The number of H-pyrrole nitrogens is 1. The molecule has 8 heteroatoms. The predicted molar refractivity (Wildman–Crippen MR) is 119 cm³/mol. The number of halogens is 1. The Kier molecular flexibility index (Phi) is 6.77. The van der Waals surface area contributed by atoms with E-state index < -0.39 is 11.2 Å². The molecule has 3 rings (SSSR count). The van der Waals surface area contributed by atoms with Gasteiger partial charge in [0.1, 0.15) is 23.9 Å². The SMILES string of the molecule is CCN(CCOc1ccc(Br)cc1)c1c(N)n(Cc2ccccc2)c(=O)[nH]c1=O. The van der Waals surface area contributed by atoms with Crippen LogP contribution in [-0.4, -0.2) is 29.2 Å². The molecule has 3 aromatic rings. The van der Waals surface area contributed by atoms with Crippen LogP contribution in [0.25, 0.3) is 0 Å². The van der Waals surface area contributed by atoms with Crippen molar-refractivity contribution < 1.29 is 4.74 Å². The van der Waals surface area contributed by atoms with Gasteiger partial charge in [0.2, 0.25) is 0 Å². The van der Waals surface area contributed by atoms with Crippen LogP contribution in [0.3, 0.4) is 0 Å². The molecule has 0 fully saturated rings. The van der Waals surface area contributed by atoms with Crippen molar-refractivity contribution in [1.29, 1.82) is 0 Å². The van der Waals surface area contributed by atoms with Gasteiger partial charge in [-0.3, -0.25) is 14.3 Å². The molecular formula is C21H23BrN4O3. The summed E-state index contributed by atoms with van der Waals surface area (Å²) in [4.78, 5) is 29.0. The topological polar surface area (TPSA) is 93.3 Å². The van der Waals surface area contributed by atoms with Gasteiger partial charge in [0.05, 0.1) is 13.1 Å². The number of nitrogen functional groups attached to an aromatic ring is 1. The minimum Gasteiger partial charge on any atom is -0.492 e. The first-order valence-corrected chi connectivity index (χ1v) is 10.1. The summed E-state index contributed by atoms with van der Waals surface area (Å²) in [5.41, 5.74) is 6.44. The number of nitrogens with two attached hydrogens (primary N) is 1. The molecule has 0 aliphatic carbocycles. The van der Waals surface area contributed by atoms with Crippen molar-refractivity contribution in [2.24, 2.45) is 0 Å². The number of aromatic nitrogens is 2. The second kappa shape index (κ2) is 9.47. The van der Waals surface area contributed by atoms with Crippen LogP contribution >= 0.6 is 15.9 Å². The van der Waals surface area contributed by atoms with E-state index in [1.54, 1.807) is 0 Å². The van der Waals surface area contributed by atoms with Crippen molar-refractivity contribution in [2.45, 2.75) is 13.5 Å². The monoisotopic (exact) mass is 458 g/mol. The fraction of sp³-hybridized carbons (Fsp3) is 0.238. The fourth-order valence-corrected chi connectivity index (χ4v) is 3.30. The summed E-state index contributed by atoms with van der Waals surface area (Å²) in [5, 5.41) is 0. The maximum atomic E-state index is 12.5. The number of nitrogens with one attached hydrogen (secondary N) is 1. The Labute approximate surface area is 176 Å². The summed E-state index contributed by atoms with van der Waals surface area (Å²) in [6, 6.07) is 17.0. The molecule has 29 heavy (non-hydrogen) atoms. The molecule has 0 amide bonds. The third-order valence-corrected chi connectivity index (χ3v) is 5.07. The van der Waals surface area contributed by atoms with Crippen LogP contribution in [0.15, 0.2) is 68.7 Å². The first-order valence-electron chi connectivity index (χ1n) is 9.29. The average molecular weight is 459 g/mol. The molecule has 0 aliphatic rings. The third-order valence-electron chi connectivity index (χ3n) is 4.54. The Hall–Kier alpha value is -3.00. The van der Waals surface area contributed by atoms with Crippen molar-refractivity contribution in [1.82, 2.24) is 9.55 Å². The summed E-state index contributed by atoms with van der Waals surface area (Å²) in [5.74, 6) is 0.883. The zero-order chi connectivity index (χ0) is 20.8. The fourth-order valence-electron chi connectivity index (χ4n) is 3.04. The van der Waals surface area contributed by atoms with Crippen molar-refractivity contribution in [3.63, 3.8) is 0 Å². The Morgan fingerprint density at radius 1 is 1.10 bits per heavy atom. The molecule has 0 saturated heterocycles. The van der Waals surface area contributed by atoms with Gasteiger partial charge in [0.25, 0.3) is 5.56 Å². The van der Waals surface area contributed by atoms with E-state index in [4.69, 9.17) is 10.5 Å². The minimum atomic E-state index is -0.526. The second-order valence-electron chi connectivity index (χ2n) is 6.45. The lowest BCUT2D eigenvalue weighted by Gasteiger charge is -2.25. The van der Waals surface area contributed by atoms with E-state index in [2.05, 4.69) is 20.9 Å². The number of nitrogens with zero attached hydrogens (tertiary/aromatic N) is 2. The second-order valence-corrected chi connectivity index (χ2v) is 7.36. The van der Waals surface area contributed by atoms with Crippen LogP contribution in [-0.2, 0) is 6.54 Å². The number of rotatable bonds is 8. The normalized spacial score (nSPS) is 10.7. The molecule has 0 saturated carbocycles. The quantitative estimate of drug-likeness (QED) is 0.541. The zero-order valence-electron chi connectivity index (χ0n) is 16.1. The summed E-state index contributed by atoms with van der Waals surface area (Å²) >= 11 is 3.39. The summed E-state index contributed by atoms with van der Waals surface area (Å²) in [6.45, 7) is 3.56. The van der Waals surface area contributed by atoms with Gasteiger partial charge >= 0.3 is 5.69 Å². The smallest absolute Gasteiger partial charge is 0.330 e. The lowest BCUT2D eigenvalue weighted by atomic mass is 10.2. The molecule has 0 spiro atoms. The van der Waals surface area contributed by atoms with E-state index in [1.807, 2.05) is 66.4 Å². The maximum Gasteiger partial charge on any atom is 0.330 e. The van der Waals surface area contributed by atoms with Gasteiger partial charge < -0.3 is 15.4 Å². The van der Waals surface area contributed by atoms with Gasteiger partial charge in [-0.1, -0.05) is 46.3 Å². The number of hydrogen-bond acceptors (Lipinski definition) is 5. The molecule has 0 radical (unpaired) electrons. The first-order chi connectivity index (χ1) is 14.0. The van der Waals surface area contributed by atoms with Crippen LogP contribution in [0.5, 0.6) is 5.75 Å². The molecule has 152 valence electrons. The van der Waals surface area contributed by atoms with Crippen LogP contribution in [0, 0.1) is 0 Å². The lowest BCUT2D eigenvalue weighted by Crippen LogP contribution is -2.40. The van der Waals surface area contributed by atoms with Crippen molar-refractivity contribution in [3.05, 3.63) is 85.5 Å². The predicted octanol–water partition coefficient (Wildman–Crippen LogP) is 2.83. The van der Waals surface area contributed by atoms with Crippen LogP contribution in [0.1, 0.15) is 12.5 Å². The summed E-state index contributed by atoms with van der Waals surface area (Å²) in [6.07, 6.45) is 0. The molecule has 0 aliphatic heterocycles. The Morgan fingerprint density at radius 3 is 2.45 bits per heavy atom. The standard InChI is InChI=1S/C21H23BrN4O3/c1-2-25(12-13-29-17-10-8-16(22)9-11-17)18-19(23)26(21(28)24-20(18)27)14-15-6-4-3-5-7-15/h3-11H,2,12-14,23H2,1H3,(H,24,27,28). The number of hydrogen-bond donors (Lipinski definition) is 2. The molecule has 1 heterocycles. The Balaban J connectivity index is 1.81. The van der Waals surface area contributed by atoms with E-state index >= 15 is 0 Å². The van der Waals surface area contributed by atoms with Crippen LogP contribution < -0.4 is 26.6 Å². The average Bonchev–Trinajstić information content (AvgIpc) is 2.72. The van der Waals surface area contributed by atoms with Gasteiger partial charge in [0, 0.05) is 11.0 Å². The highest BCUT2D eigenvalue weighted by Crippen LogP contribution is 2.19. The van der Waals surface area contributed by atoms with Gasteiger partial charge in [-0.05, 0) is 36.8 Å². The molecule has 3 N–H and O–H groups in total. The van der Waals surface area contributed by atoms with Crippen molar-refractivity contribution in [3.8, 4) is 5.75 Å². The van der Waals surface area contributed by atoms with Crippen LogP contribution in [0.4, 0.5) is 11.5 Å². The van der Waals surface area contributed by atoms with E-state index in [9.17, 15) is 9.59 Å². The highest BCUT2D eigenvalue weighted by Gasteiger charge is 2.18. The molecule has 0 bridgehead atoms. The van der Waals surface area contributed by atoms with E-state index in [1.165, 1.54) is 4.57 Å². The van der Waals surface area contributed by atoms with Crippen molar-refractivity contribution >= 4 is 27.4 Å². The largest absolute Gasteiger partial charge is 0.492 e. The number of anilines is 2. The van der Waals surface area contributed by atoms with Gasteiger partial charge in [-0.15, -0.1) is 0 Å². The Morgan fingerprint density at radius 2 is 1.79 bits per heavy atom. The molecule has 7 nitrogen and oxygen atoms in total. The summed E-state index contributed by atoms with van der Waals surface area (Å²) < 4.78 is 8.11. The number of likely N-dealkylation sites (N-methyl/N-ethyl adjacent to an activating group) is 1. The van der Waals surface area contributed by atoms with Gasteiger partial charge in [-0.2, -0.15) is 0 Å². The van der Waals surface area contributed by atoms with Crippen molar-refractivity contribution in [2.75, 3.05) is 30.3 Å². The highest BCUT2D eigenvalue weighted by atomic mass is 79.9. The third kappa shape index (κ3) is 5.08. The minimum absolute atomic E-state index is 0.146. The number of benzene rings is 2. The number of aromatic amines is 1. The van der Waals surface area contributed by atoms with Crippen LogP contribution in [0.2, 0.25) is 0 Å². The Bertz CT molecular complexity index is 1060. The zero-order valence-corrected chi connectivity index (χ0v) is 17.7. The molecule has 0 atom stereocenters. The van der Waals surface area contributed by atoms with Gasteiger partial charge in [-0.25, -0.2) is 4.79 Å². The highest BCUT2D eigenvalue weighted by molar-refractivity contribution is 9.10. The molecule has 1 aromatic heterocycles.